The highest BCUT2D eigenvalue weighted by Gasteiger charge is 2.40. The monoisotopic (exact) mass is 374 g/mol. The van der Waals surface area contributed by atoms with Crippen molar-refractivity contribution in [1.29, 1.82) is 0 Å². The number of carbonyl (C=O) groups is 1. The summed E-state index contributed by atoms with van der Waals surface area (Å²) in [5.41, 5.74) is 1.49. The Balaban J connectivity index is 1.50. The molecule has 7 nitrogen and oxygen atoms in total. The molecule has 1 aromatic heterocycles. The van der Waals surface area contributed by atoms with E-state index in [1.165, 1.54) is 18.4 Å². The van der Waals surface area contributed by atoms with E-state index in [9.17, 15) is 4.79 Å². The zero-order valence-corrected chi connectivity index (χ0v) is 17.1. The Morgan fingerprint density at radius 3 is 2.52 bits per heavy atom. The van der Waals surface area contributed by atoms with Crippen LogP contribution in [0.4, 0.5) is 5.95 Å². The fourth-order valence-corrected chi connectivity index (χ4v) is 4.16. The number of nitrogens with one attached hydrogen (secondary N) is 1. The van der Waals surface area contributed by atoms with Gasteiger partial charge in [0.1, 0.15) is 0 Å². The number of likely N-dealkylation sites (N-methyl/N-ethyl adjacent to an activating group) is 1. The van der Waals surface area contributed by atoms with Crippen LogP contribution in [0.5, 0.6) is 0 Å². The maximum Gasteiger partial charge on any atom is 0.222 e. The van der Waals surface area contributed by atoms with E-state index in [0.717, 1.165) is 52.2 Å². The van der Waals surface area contributed by atoms with Gasteiger partial charge in [-0.25, -0.2) is 9.97 Å². The molecule has 0 unspecified atom stereocenters. The molecule has 0 atom stereocenters. The van der Waals surface area contributed by atoms with Crippen molar-refractivity contribution in [3.05, 3.63) is 18.0 Å². The number of likely N-dealkylation sites (tertiary alicyclic amines) is 2. The van der Waals surface area contributed by atoms with E-state index in [2.05, 4.69) is 44.1 Å². The highest BCUT2D eigenvalue weighted by Crippen LogP contribution is 2.40. The minimum atomic E-state index is 0.322. The van der Waals surface area contributed by atoms with Crippen LogP contribution in [0.25, 0.3) is 0 Å². The zero-order chi connectivity index (χ0) is 19.3. The first-order chi connectivity index (χ1) is 13.0. The lowest BCUT2D eigenvalue weighted by Gasteiger charge is -2.47. The van der Waals surface area contributed by atoms with E-state index >= 15 is 0 Å². The smallest absolute Gasteiger partial charge is 0.222 e. The molecule has 0 aromatic carbocycles. The SMILES string of the molecule is CCNc1ncc(CN2CCC3(CCC(=O)N(CCN(C)C)C3)CC2)cn1. The molecule has 0 aliphatic carbocycles. The maximum atomic E-state index is 12.3. The summed E-state index contributed by atoms with van der Waals surface area (Å²) in [7, 11) is 4.13. The minimum absolute atomic E-state index is 0.322. The topological polar surface area (TPSA) is 64.6 Å². The third-order valence-electron chi connectivity index (χ3n) is 5.93. The minimum Gasteiger partial charge on any atom is -0.355 e. The second-order valence-electron chi connectivity index (χ2n) is 8.34. The van der Waals surface area contributed by atoms with Gasteiger partial charge in [0.15, 0.2) is 0 Å². The Kier molecular flexibility index (Phi) is 6.65. The van der Waals surface area contributed by atoms with Gasteiger partial charge in [-0.2, -0.15) is 0 Å². The summed E-state index contributed by atoms with van der Waals surface area (Å²) < 4.78 is 0. The largest absolute Gasteiger partial charge is 0.355 e. The average Bonchev–Trinajstić information content (AvgIpc) is 2.66. The standard InChI is InChI=1S/C20H34N6O/c1-4-21-19-22-13-17(14-23-19)15-25-9-7-20(8-10-25)6-5-18(27)26(16-20)12-11-24(2)3/h13-14H,4-12,15-16H2,1-3H3,(H,21,22,23). The predicted octanol–water partition coefficient (Wildman–Crippen LogP) is 1.67. The molecule has 0 saturated carbocycles. The maximum absolute atomic E-state index is 12.3. The number of nitrogens with zero attached hydrogens (tertiary/aromatic N) is 5. The lowest BCUT2D eigenvalue weighted by molar-refractivity contribution is -0.139. The molecule has 0 radical (unpaired) electrons. The van der Waals surface area contributed by atoms with Gasteiger partial charge in [-0.15, -0.1) is 0 Å². The predicted molar refractivity (Wildman–Crippen MR) is 108 cm³/mol. The molecule has 2 aliphatic rings. The summed E-state index contributed by atoms with van der Waals surface area (Å²) >= 11 is 0. The number of amides is 1. The Morgan fingerprint density at radius 2 is 1.89 bits per heavy atom. The molecule has 1 amide bonds. The third-order valence-corrected chi connectivity index (χ3v) is 5.93. The van der Waals surface area contributed by atoms with Crippen LogP contribution in [-0.4, -0.2) is 83.9 Å². The third kappa shape index (κ3) is 5.39. The molecule has 7 heteroatoms. The summed E-state index contributed by atoms with van der Waals surface area (Å²) in [5, 5.41) is 3.13. The molecule has 3 heterocycles. The van der Waals surface area contributed by atoms with Gasteiger partial charge in [-0.1, -0.05) is 0 Å². The van der Waals surface area contributed by atoms with Crippen molar-refractivity contribution in [3.8, 4) is 0 Å². The normalized spacial score (nSPS) is 20.4. The Bertz CT molecular complexity index is 609. The van der Waals surface area contributed by atoms with E-state index in [-0.39, 0.29) is 0 Å². The fourth-order valence-electron chi connectivity index (χ4n) is 4.16. The van der Waals surface area contributed by atoms with Crippen LogP contribution >= 0.6 is 0 Å². The van der Waals surface area contributed by atoms with Crippen LogP contribution in [0.15, 0.2) is 12.4 Å². The van der Waals surface area contributed by atoms with Gasteiger partial charge in [-0.05, 0) is 58.8 Å². The van der Waals surface area contributed by atoms with Crippen LogP contribution < -0.4 is 5.32 Å². The number of rotatable bonds is 7. The second-order valence-corrected chi connectivity index (χ2v) is 8.34. The summed E-state index contributed by atoms with van der Waals surface area (Å²) in [6.07, 6.45) is 7.98. The number of piperidine rings is 2. The first kappa shape index (κ1) is 20.0. The van der Waals surface area contributed by atoms with Gasteiger partial charge < -0.3 is 15.1 Å². The van der Waals surface area contributed by atoms with E-state index in [0.29, 0.717) is 23.7 Å². The van der Waals surface area contributed by atoms with Gasteiger partial charge in [0.25, 0.3) is 0 Å². The molecule has 2 aliphatic heterocycles. The lowest BCUT2D eigenvalue weighted by atomic mass is 9.72. The van der Waals surface area contributed by atoms with Crippen LogP contribution in [0.3, 0.4) is 0 Å². The van der Waals surface area contributed by atoms with E-state index in [1.54, 1.807) is 0 Å². The quantitative estimate of drug-likeness (QED) is 0.783. The van der Waals surface area contributed by atoms with Crippen molar-refractivity contribution in [3.63, 3.8) is 0 Å². The summed E-state index contributed by atoms with van der Waals surface area (Å²) in [6.45, 7) is 8.70. The molecule has 2 saturated heterocycles. The van der Waals surface area contributed by atoms with Crippen molar-refractivity contribution in [1.82, 2.24) is 24.7 Å². The number of aromatic nitrogens is 2. The molecule has 1 N–H and O–H groups in total. The molecule has 1 aromatic rings. The molecular formula is C20H34N6O. The number of hydrogen-bond acceptors (Lipinski definition) is 6. The first-order valence-electron chi connectivity index (χ1n) is 10.2. The number of anilines is 1. The molecular weight excluding hydrogens is 340 g/mol. The summed E-state index contributed by atoms with van der Waals surface area (Å²) in [6, 6.07) is 0. The van der Waals surface area contributed by atoms with Gasteiger partial charge in [0.05, 0.1) is 0 Å². The first-order valence-corrected chi connectivity index (χ1v) is 10.2. The van der Waals surface area contributed by atoms with Gasteiger partial charge in [0.2, 0.25) is 11.9 Å². The fraction of sp³-hybridized carbons (Fsp3) is 0.750. The van der Waals surface area contributed by atoms with Crippen molar-refractivity contribution in [2.75, 3.05) is 58.7 Å². The second kappa shape index (κ2) is 8.97. The Morgan fingerprint density at radius 1 is 1.19 bits per heavy atom. The van der Waals surface area contributed by atoms with Gasteiger partial charge in [0, 0.05) is 57.1 Å². The molecule has 27 heavy (non-hydrogen) atoms. The van der Waals surface area contributed by atoms with Crippen molar-refractivity contribution in [2.24, 2.45) is 5.41 Å². The van der Waals surface area contributed by atoms with Crippen LogP contribution in [0, 0.1) is 5.41 Å². The summed E-state index contributed by atoms with van der Waals surface area (Å²) in [5.74, 6) is 1.03. The molecule has 150 valence electrons. The average molecular weight is 375 g/mol. The van der Waals surface area contributed by atoms with E-state index in [4.69, 9.17) is 0 Å². The highest BCUT2D eigenvalue weighted by molar-refractivity contribution is 5.77. The Labute approximate surface area is 163 Å². The molecule has 1 spiro atoms. The zero-order valence-electron chi connectivity index (χ0n) is 17.1. The van der Waals surface area contributed by atoms with Gasteiger partial charge >= 0.3 is 0 Å². The van der Waals surface area contributed by atoms with E-state index < -0.39 is 0 Å². The number of carbonyl (C=O) groups excluding carboxylic acids is 1. The van der Waals surface area contributed by atoms with Crippen molar-refractivity contribution < 1.29 is 4.79 Å². The van der Waals surface area contributed by atoms with Gasteiger partial charge in [-0.3, -0.25) is 9.69 Å². The van der Waals surface area contributed by atoms with E-state index in [1.807, 2.05) is 19.3 Å². The van der Waals surface area contributed by atoms with Crippen LogP contribution in [-0.2, 0) is 11.3 Å². The van der Waals surface area contributed by atoms with Crippen molar-refractivity contribution >= 4 is 11.9 Å². The highest BCUT2D eigenvalue weighted by atomic mass is 16.2. The molecule has 2 fully saturated rings. The summed E-state index contributed by atoms with van der Waals surface area (Å²) in [4.78, 5) is 27.8. The van der Waals surface area contributed by atoms with Crippen LogP contribution in [0.1, 0.15) is 38.2 Å². The van der Waals surface area contributed by atoms with Crippen molar-refractivity contribution in [2.45, 2.75) is 39.2 Å². The molecule has 0 bridgehead atoms. The lowest BCUT2D eigenvalue weighted by Crippen LogP contribution is -2.52. The van der Waals surface area contributed by atoms with Crippen LogP contribution in [0.2, 0.25) is 0 Å². The molecule has 3 rings (SSSR count). The Hall–Kier alpha value is -1.73. The number of hydrogen-bond donors (Lipinski definition) is 1.